The molecule has 4 heterocycles. The lowest BCUT2D eigenvalue weighted by Crippen LogP contribution is -2.62. The molecular weight excluding hydrogens is 734 g/mol. The van der Waals surface area contributed by atoms with Crippen molar-refractivity contribution in [2.45, 2.75) is 74.7 Å². The Bertz CT molecular complexity index is 2990. The zero-order chi connectivity index (χ0) is 41.5. The van der Waals surface area contributed by atoms with Gasteiger partial charge in [-0.25, -0.2) is 0 Å². The average molecular weight is 783 g/mol. The smallest absolute Gasteiger partial charge is 0.260 e. The Labute approximate surface area is 354 Å². The van der Waals surface area contributed by atoms with E-state index in [1.807, 2.05) is 0 Å². The molecular formula is C53H48B2N2O3. The van der Waals surface area contributed by atoms with E-state index in [4.69, 9.17) is 14.2 Å². The van der Waals surface area contributed by atoms with Crippen LogP contribution in [0.15, 0.2) is 103 Å². The predicted molar refractivity (Wildman–Crippen MR) is 252 cm³/mol. The summed E-state index contributed by atoms with van der Waals surface area (Å²) < 4.78 is 20.8. The zero-order valence-corrected chi connectivity index (χ0v) is 36.1. The van der Waals surface area contributed by atoms with Gasteiger partial charge in [0.1, 0.15) is 34.5 Å². The van der Waals surface area contributed by atoms with E-state index in [2.05, 4.69) is 183 Å². The number of ether oxygens (including phenoxy) is 3. The highest BCUT2D eigenvalue weighted by Gasteiger charge is 2.46. The fraction of sp³-hybridized carbons (Fsp3) is 0.208. The van der Waals surface area contributed by atoms with E-state index in [0.717, 1.165) is 79.2 Å². The highest BCUT2D eigenvalue weighted by Crippen LogP contribution is 2.45. The molecule has 294 valence electrons. The third-order valence-electron chi connectivity index (χ3n) is 13.0. The van der Waals surface area contributed by atoms with Crippen molar-refractivity contribution in [3.63, 3.8) is 0 Å². The van der Waals surface area contributed by atoms with E-state index in [-0.39, 0.29) is 18.8 Å². The van der Waals surface area contributed by atoms with Gasteiger partial charge in [-0.2, -0.15) is 0 Å². The van der Waals surface area contributed by atoms with E-state index < -0.39 is 0 Å². The topological polar surface area (TPSA) is 43.0 Å². The third-order valence-corrected chi connectivity index (χ3v) is 13.0. The van der Waals surface area contributed by atoms with E-state index in [9.17, 15) is 0 Å². The Hall–Kier alpha value is -6.33. The summed E-state index contributed by atoms with van der Waals surface area (Å²) in [7, 11) is 0. The van der Waals surface area contributed by atoms with Crippen LogP contribution < -0.4 is 57.2 Å². The molecule has 4 aliphatic rings. The van der Waals surface area contributed by atoms with Crippen LogP contribution in [0.25, 0.3) is 0 Å². The molecule has 5 nitrogen and oxygen atoms in total. The summed E-state index contributed by atoms with van der Waals surface area (Å²) in [4.78, 5) is 2.47. The molecule has 0 fully saturated rings. The number of rotatable bonds is 3. The molecule has 0 saturated carbocycles. The first-order valence-electron chi connectivity index (χ1n) is 21.2. The van der Waals surface area contributed by atoms with Crippen LogP contribution in [0, 0.1) is 48.5 Å². The first-order chi connectivity index (χ1) is 28.7. The van der Waals surface area contributed by atoms with Gasteiger partial charge in [0.2, 0.25) is 0 Å². The van der Waals surface area contributed by atoms with Crippen LogP contribution in [0.5, 0.6) is 34.5 Å². The van der Waals surface area contributed by atoms with Crippen LogP contribution >= 0.6 is 0 Å². The second-order valence-corrected chi connectivity index (χ2v) is 18.9. The van der Waals surface area contributed by atoms with Gasteiger partial charge in [0, 0.05) is 46.0 Å². The Balaban J connectivity index is 1.17. The summed E-state index contributed by atoms with van der Waals surface area (Å²) in [5.41, 5.74) is 22.2. The fourth-order valence-electron chi connectivity index (χ4n) is 10.2. The van der Waals surface area contributed by atoms with Gasteiger partial charge in [-0.05, 0) is 180 Å². The van der Waals surface area contributed by atoms with Gasteiger partial charge in [0.05, 0.1) is 0 Å². The van der Waals surface area contributed by atoms with E-state index in [1.165, 1.54) is 61.0 Å². The normalized spacial score (nSPS) is 13.8. The number of nitrogens with one attached hydrogen (secondary N) is 1. The number of benzene rings is 7. The minimum atomic E-state index is -0.0881. The summed E-state index contributed by atoms with van der Waals surface area (Å²) in [6.07, 6.45) is 0. The largest absolute Gasteiger partial charge is 0.458 e. The van der Waals surface area contributed by atoms with Crippen LogP contribution in [0.3, 0.4) is 0 Å². The molecule has 7 aromatic rings. The molecule has 0 bridgehead atoms. The molecule has 0 spiro atoms. The van der Waals surface area contributed by atoms with E-state index in [0.29, 0.717) is 0 Å². The van der Waals surface area contributed by atoms with Crippen molar-refractivity contribution in [2.75, 3.05) is 10.2 Å². The maximum atomic E-state index is 7.20. The number of anilines is 5. The summed E-state index contributed by atoms with van der Waals surface area (Å²) in [6, 6.07) is 38.4. The van der Waals surface area contributed by atoms with Crippen molar-refractivity contribution in [3.05, 3.63) is 148 Å². The van der Waals surface area contributed by atoms with Crippen molar-refractivity contribution >= 4 is 74.6 Å². The maximum absolute atomic E-state index is 7.20. The van der Waals surface area contributed by atoms with Crippen molar-refractivity contribution < 1.29 is 14.2 Å². The average Bonchev–Trinajstić information content (AvgIpc) is 3.16. The number of nitrogens with zero attached hydrogens (tertiary/aromatic N) is 1. The fourth-order valence-corrected chi connectivity index (χ4v) is 10.2. The molecule has 7 heteroatoms. The Morgan fingerprint density at radius 3 is 1.62 bits per heavy atom. The van der Waals surface area contributed by atoms with Gasteiger partial charge in [0.25, 0.3) is 13.4 Å². The molecule has 0 aliphatic carbocycles. The maximum Gasteiger partial charge on any atom is 0.260 e. The Morgan fingerprint density at radius 2 is 0.967 bits per heavy atom. The van der Waals surface area contributed by atoms with E-state index in [1.54, 1.807) is 0 Å². The Kier molecular flexibility index (Phi) is 7.86. The quantitative estimate of drug-likeness (QED) is 0.181. The molecule has 0 unspecified atom stereocenters. The Morgan fingerprint density at radius 1 is 0.433 bits per heavy atom. The minimum absolute atomic E-state index is 0.0292. The molecule has 0 aromatic heterocycles. The molecule has 0 atom stereocenters. The molecule has 0 radical (unpaired) electrons. The molecule has 0 saturated heterocycles. The standard InChI is InChI=1S/C53H48B2N2O3/c1-28-13-29(2)16-36(15-28)56-37-24-44-51-50(25-37)60-46-27-47-42(55-40-23-35(53(8,9)10)11-12-45(40)58-48-19-32(5)20-49(59-47)52(48)55)26-41(46)54(51)39-21-33(6)34(7)22-43(39)57(44)38-17-30(3)14-31(4)18-38/h11-27,56H,1-10H3. The summed E-state index contributed by atoms with van der Waals surface area (Å²) in [5.74, 6) is 5.07. The lowest BCUT2D eigenvalue weighted by atomic mass is 9.31. The van der Waals surface area contributed by atoms with Gasteiger partial charge in [0.15, 0.2) is 0 Å². The number of aryl methyl sites for hydroxylation is 7. The van der Waals surface area contributed by atoms with Crippen molar-refractivity contribution in [1.82, 2.24) is 0 Å². The molecule has 60 heavy (non-hydrogen) atoms. The highest BCUT2D eigenvalue weighted by atomic mass is 16.5. The van der Waals surface area contributed by atoms with Gasteiger partial charge in [-0.15, -0.1) is 0 Å². The summed E-state index contributed by atoms with van der Waals surface area (Å²) in [5, 5.41) is 3.79. The second-order valence-electron chi connectivity index (χ2n) is 18.9. The predicted octanol–water partition coefficient (Wildman–Crippen LogP) is 10.0. The summed E-state index contributed by atoms with van der Waals surface area (Å²) >= 11 is 0. The number of fused-ring (bicyclic) bond motifs is 8. The zero-order valence-electron chi connectivity index (χ0n) is 36.1. The van der Waals surface area contributed by atoms with Crippen LogP contribution in [0.1, 0.15) is 65.3 Å². The first-order valence-corrected chi connectivity index (χ1v) is 21.2. The van der Waals surface area contributed by atoms with Crippen LogP contribution in [-0.2, 0) is 5.41 Å². The third kappa shape index (κ3) is 5.69. The highest BCUT2D eigenvalue weighted by molar-refractivity contribution is 7.01. The second kappa shape index (κ2) is 12.8. The van der Waals surface area contributed by atoms with E-state index >= 15 is 0 Å². The first kappa shape index (κ1) is 36.7. The summed E-state index contributed by atoms with van der Waals surface area (Å²) in [6.45, 7) is 21.9. The molecule has 11 rings (SSSR count). The van der Waals surface area contributed by atoms with Crippen molar-refractivity contribution in [3.8, 4) is 34.5 Å². The molecule has 1 N–H and O–H groups in total. The number of hydrogen-bond donors (Lipinski definition) is 1. The van der Waals surface area contributed by atoms with Crippen molar-refractivity contribution in [2.24, 2.45) is 0 Å². The lowest BCUT2D eigenvalue weighted by molar-refractivity contribution is 0.455. The van der Waals surface area contributed by atoms with Crippen LogP contribution in [0.4, 0.5) is 28.4 Å². The molecule has 7 aromatic carbocycles. The number of hydrogen-bond acceptors (Lipinski definition) is 5. The molecule has 4 aliphatic heterocycles. The van der Waals surface area contributed by atoms with Gasteiger partial charge >= 0.3 is 0 Å². The lowest BCUT2D eigenvalue weighted by Gasteiger charge is -2.41. The molecule has 0 amide bonds. The van der Waals surface area contributed by atoms with Crippen molar-refractivity contribution in [1.29, 1.82) is 0 Å². The SMILES string of the molecule is Cc1cc(C)cc(Nc2cc3c4c(c2)N(c2cc(C)cc(C)c2)c2cc(C)c(C)cc2B4c2cc4c(cc2O3)Oc2cc(C)cc3c2B4c2cc(C(C)(C)C)ccc2O3)c1. The van der Waals surface area contributed by atoms with Crippen LogP contribution in [0.2, 0.25) is 0 Å². The van der Waals surface area contributed by atoms with Crippen LogP contribution in [-0.4, -0.2) is 13.4 Å². The van der Waals surface area contributed by atoms with Gasteiger partial charge in [-0.1, -0.05) is 57.2 Å². The monoisotopic (exact) mass is 782 g/mol. The van der Waals surface area contributed by atoms with Gasteiger partial charge in [-0.3, -0.25) is 0 Å². The van der Waals surface area contributed by atoms with Gasteiger partial charge < -0.3 is 24.4 Å². The minimum Gasteiger partial charge on any atom is -0.458 e.